The molecule has 130 valence electrons. The van der Waals surface area contributed by atoms with Crippen molar-refractivity contribution in [2.24, 2.45) is 0 Å². The molecule has 0 saturated carbocycles. The maximum atomic E-state index is 9.83. The summed E-state index contributed by atoms with van der Waals surface area (Å²) >= 11 is 0. The molecule has 0 bridgehead atoms. The molecule has 0 aromatic heterocycles. The van der Waals surface area contributed by atoms with Crippen LogP contribution in [-0.4, -0.2) is 56.5 Å². The summed E-state index contributed by atoms with van der Waals surface area (Å²) in [5.41, 5.74) is 0. The van der Waals surface area contributed by atoms with Gasteiger partial charge in [-0.25, -0.2) is 0 Å². The second-order valence-electron chi connectivity index (χ2n) is 6.81. The van der Waals surface area contributed by atoms with Crippen molar-refractivity contribution in [3.8, 4) is 0 Å². The highest BCUT2D eigenvalue weighted by molar-refractivity contribution is 4.58. The van der Waals surface area contributed by atoms with Gasteiger partial charge in [-0.05, 0) is 13.0 Å². The Bertz CT molecular complexity index is 190. The first-order chi connectivity index (χ1) is 9.95. The Labute approximate surface area is 134 Å². The first-order valence-electron chi connectivity index (χ1n) is 9.15. The molecule has 0 aromatic carbocycles. The number of hydrogen-bond donors (Lipinski definition) is 2. The third-order valence-corrected chi connectivity index (χ3v) is 3.35. The van der Waals surface area contributed by atoms with Gasteiger partial charge in [0.05, 0.1) is 21.1 Å². The maximum absolute atomic E-state index is 9.83. The van der Waals surface area contributed by atoms with Crippen LogP contribution in [0.4, 0.5) is 0 Å². The van der Waals surface area contributed by atoms with E-state index in [0.29, 0.717) is 0 Å². The number of nitrogens with one attached hydrogen (secondary N) is 1. The van der Waals surface area contributed by atoms with Gasteiger partial charge in [0.15, 0.2) is 0 Å². The standard InChI is InChI=1S/C16H37N2O.C2H6/c1-5-6-7-8-9-10-11-12-13-17-14-16(19)15-18(2,3)4;1-2/h16-17,19H,5-15H2,1-4H3;1-2H3/q+1;. The summed E-state index contributed by atoms with van der Waals surface area (Å²) in [7, 11) is 6.34. The largest absolute Gasteiger partial charge is 0.386 e. The number of rotatable bonds is 13. The van der Waals surface area contributed by atoms with E-state index >= 15 is 0 Å². The highest BCUT2D eigenvalue weighted by Gasteiger charge is 2.14. The van der Waals surface area contributed by atoms with Crippen molar-refractivity contribution < 1.29 is 9.59 Å². The summed E-state index contributed by atoms with van der Waals surface area (Å²) in [6.45, 7) is 8.85. The summed E-state index contributed by atoms with van der Waals surface area (Å²) < 4.78 is 0.820. The Morgan fingerprint density at radius 2 is 1.33 bits per heavy atom. The van der Waals surface area contributed by atoms with Gasteiger partial charge in [-0.2, -0.15) is 0 Å². The van der Waals surface area contributed by atoms with Crippen molar-refractivity contribution in [1.82, 2.24) is 5.32 Å². The molecule has 0 rings (SSSR count). The van der Waals surface area contributed by atoms with Crippen molar-refractivity contribution in [3.63, 3.8) is 0 Å². The Hall–Kier alpha value is -0.120. The second-order valence-corrected chi connectivity index (χ2v) is 6.81. The van der Waals surface area contributed by atoms with Crippen molar-refractivity contribution in [2.75, 3.05) is 40.8 Å². The molecule has 21 heavy (non-hydrogen) atoms. The van der Waals surface area contributed by atoms with Crippen LogP contribution in [0, 0.1) is 0 Å². The average Bonchev–Trinajstić information content (AvgIpc) is 2.41. The average molecular weight is 304 g/mol. The minimum absolute atomic E-state index is 0.228. The van der Waals surface area contributed by atoms with Crippen molar-refractivity contribution in [3.05, 3.63) is 0 Å². The lowest BCUT2D eigenvalue weighted by molar-refractivity contribution is -0.873. The highest BCUT2D eigenvalue weighted by atomic mass is 16.3. The summed E-state index contributed by atoms with van der Waals surface area (Å²) in [6.07, 6.45) is 10.6. The van der Waals surface area contributed by atoms with E-state index in [2.05, 4.69) is 33.4 Å². The summed E-state index contributed by atoms with van der Waals surface area (Å²) in [5.74, 6) is 0. The maximum Gasteiger partial charge on any atom is 0.115 e. The number of quaternary nitrogens is 1. The predicted molar refractivity (Wildman–Crippen MR) is 95.7 cm³/mol. The molecule has 0 saturated heterocycles. The first-order valence-corrected chi connectivity index (χ1v) is 9.15. The van der Waals surface area contributed by atoms with E-state index in [0.717, 1.165) is 24.1 Å². The second kappa shape index (κ2) is 16.3. The molecule has 0 aromatic rings. The number of hydrogen-bond acceptors (Lipinski definition) is 2. The molecule has 0 aliphatic carbocycles. The van der Waals surface area contributed by atoms with E-state index in [4.69, 9.17) is 0 Å². The smallest absolute Gasteiger partial charge is 0.115 e. The Kier molecular flexibility index (Phi) is 17.9. The lowest BCUT2D eigenvalue weighted by atomic mass is 10.1. The van der Waals surface area contributed by atoms with Gasteiger partial charge < -0.3 is 14.9 Å². The molecule has 2 N–H and O–H groups in total. The van der Waals surface area contributed by atoms with E-state index in [9.17, 15) is 5.11 Å². The van der Waals surface area contributed by atoms with Crippen LogP contribution < -0.4 is 5.32 Å². The molecule has 0 fully saturated rings. The number of aliphatic hydroxyl groups excluding tert-OH is 1. The van der Waals surface area contributed by atoms with Gasteiger partial charge in [0.2, 0.25) is 0 Å². The van der Waals surface area contributed by atoms with Gasteiger partial charge in [-0.3, -0.25) is 0 Å². The zero-order valence-electron chi connectivity index (χ0n) is 15.7. The topological polar surface area (TPSA) is 32.3 Å². The van der Waals surface area contributed by atoms with E-state index in [1.807, 2.05) is 13.8 Å². The van der Waals surface area contributed by atoms with Crippen LogP contribution in [-0.2, 0) is 0 Å². The molecule has 3 nitrogen and oxygen atoms in total. The molecule has 0 spiro atoms. The third kappa shape index (κ3) is 22.3. The fraction of sp³-hybridized carbons (Fsp3) is 1.00. The molecule has 0 aliphatic heterocycles. The van der Waals surface area contributed by atoms with E-state index in [1.54, 1.807) is 0 Å². The zero-order chi connectivity index (χ0) is 16.6. The molecule has 1 unspecified atom stereocenters. The van der Waals surface area contributed by atoms with Gasteiger partial charge in [-0.1, -0.05) is 65.7 Å². The minimum atomic E-state index is -0.228. The van der Waals surface area contributed by atoms with Crippen molar-refractivity contribution in [2.45, 2.75) is 78.2 Å². The molecular formula is C18H43N2O+. The molecule has 0 heterocycles. The fourth-order valence-corrected chi connectivity index (χ4v) is 2.35. The normalized spacial score (nSPS) is 12.7. The number of nitrogens with zero attached hydrogens (tertiary/aromatic N) is 1. The Morgan fingerprint density at radius 1 is 0.857 bits per heavy atom. The first kappa shape index (κ1) is 23.2. The molecular weight excluding hydrogens is 260 g/mol. The summed E-state index contributed by atoms with van der Waals surface area (Å²) in [4.78, 5) is 0. The highest BCUT2D eigenvalue weighted by Crippen LogP contribution is 2.07. The van der Waals surface area contributed by atoms with Crippen LogP contribution in [0.3, 0.4) is 0 Å². The quantitative estimate of drug-likeness (QED) is 0.400. The van der Waals surface area contributed by atoms with Crippen LogP contribution in [0.25, 0.3) is 0 Å². The monoisotopic (exact) mass is 303 g/mol. The van der Waals surface area contributed by atoms with Crippen LogP contribution in [0.5, 0.6) is 0 Å². The molecule has 0 radical (unpaired) electrons. The van der Waals surface area contributed by atoms with Crippen LogP contribution >= 0.6 is 0 Å². The van der Waals surface area contributed by atoms with Gasteiger partial charge in [-0.15, -0.1) is 0 Å². The fourth-order valence-electron chi connectivity index (χ4n) is 2.35. The minimum Gasteiger partial charge on any atom is -0.386 e. The lowest BCUT2D eigenvalue weighted by Gasteiger charge is -2.26. The van der Waals surface area contributed by atoms with E-state index in [1.165, 1.54) is 51.4 Å². The third-order valence-electron chi connectivity index (χ3n) is 3.35. The molecule has 0 amide bonds. The van der Waals surface area contributed by atoms with Gasteiger partial charge in [0, 0.05) is 6.54 Å². The molecule has 0 aliphatic rings. The van der Waals surface area contributed by atoms with E-state index < -0.39 is 0 Å². The van der Waals surface area contributed by atoms with Gasteiger partial charge in [0.25, 0.3) is 0 Å². The number of unbranched alkanes of at least 4 members (excludes halogenated alkanes) is 7. The molecule has 1 atom stereocenters. The van der Waals surface area contributed by atoms with Gasteiger partial charge in [0.1, 0.15) is 12.6 Å². The number of aliphatic hydroxyl groups is 1. The van der Waals surface area contributed by atoms with Gasteiger partial charge >= 0.3 is 0 Å². The van der Waals surface area contributed by atoms with Crippen LogP contribution in [0.15, 0.2) is 0 Å². The summed E-state index contributed by atoms with van der Waals surface area (Å²) in [6, 6.07) is 0. The Balaban J connectivity index is 0. The Morgan fingerprint density at radius 3 is 1.81 bits per heavy atom. The molecule has 3 heteroatoms. The SMILES string of the molecule is CC.CCCCCCCCCCNCC(O)C[N+](C)(C)C. The van der Waals surface area contributed by atoms with Crippen LogP contribution in [0.1, 0.15) is 72.1 Å². The van der Waals surface area contributed by atoms with E-state index in [-0.39, 0.29) is 6.10 Å². The van der Waals surface area contributed by atoms with Crippen LogP contribution in [0.2, 0.25) is 0 Å². The number of likely N-dealkylation sites (N-methyl/N-ethyl adjacent to an activating group) is 1. The van der Waals surface area contributed by atoms with Crippen molar-refractivity contribution in [1.29, 1.82) is 0 Å². The predicted octanol–water partition coefficient (Wildman–Crippen LogP) is 3.81. The zero-order valence-corrected chi connectivity index (χ0v) is 15.7. The van der Waals surface area contributed by atoms with Crippen molar-refractivity contribution >= 4 is 0 Å². The lowest BCUT2D eigenvalue weighted by Crippen LogP contribution is -2.45. The summed E-state index contributed by atoms with van der Waals surface area (Å²) in [5, 5.41) is 13.2.